The number of hydrogen-bond acceptors (Lipinski definition) is 4. The van der Waals surface area contributed by atoms with Crippen molar-refractivity contribution in [2.75, 3.05) is 0 Å². The lowest BCUT2D eigenvalue weighted by atomic mass is 10.0. The molecule has 0 atom stereocenters. The van der Waals surface area contributed by atoms with Crippen LogP contribution in [-0.4, -0.2) is 14.9 Å². The molecule has 2 aromatic heterocycles. The van der Waals surface area contributed by atoms with E-state index in [9.17, 15) is 14.9 Å². The third-order valence-electron chi connectivity index (χ3n) is 2.68. The summed E-state index contributed by atoms with van der Waals surface area (Å²) in [5, 5.41) is 10.6. The van der Waals surface area contributed by atoms with Crippen LogP contribution < -0.4 is 5.56 Å². The molecule has 1 N–H and O–H groups in total. The number of aromatic nitrogens is 2. The summed E-state index contributed by atoms with van der Waals surface area (Å²) in [6, 6.07) is 2.75. The van der Waals surface area contributed by atoms with Crippen molar-refractivity contribution < 1.29 is 4.92 Å². The molecule has 0 aliphatic carbocycles. The number of rotatable bonds is 2. The van der Waals surface area contributed by atoms with Gasteiger partial charge in [0.1, 0.15) is 0 Å². The Balaban J connectivity index is 2.63. The molecule has 2 aromatic rings. The second kappa shape index (κ2) is 4.40. The lowest BCUT2D eigenvalue weighted by Crippen LogP contribution is -2.12. The molecule has 0 aromatic carbocycles. The first-order chi connectivity index (χ1) is 8.50. The van der Waals surface area contributed by atoms with Crippen LogP contribution in [0.5, 0.6) is 0 Å². The van der Waals surface area contributed by atoms with E-state index in [1.165, 1.54) is 12.1 Å². The molecule has 0 aliphatic rings. The zero-order chi connectivity index (χ0) is 13.3. The fraction of sp³-hybridized carbons (Fsp3) is 0.167. The van der Waals surface area contributed by atoms with Gasteiger partial charge in [0.05, 0.1) is 4.92 Å². The summed E-state index contributed by atoms with van der Waals surface area (Å²) in [5.74, 6) is 0. The normalized spacial score (nSPS) is 10.3. The van der Waals surface area contributed by atoms with Crippen LogP contribution in [0.4, 0.5) is 5.69 Å². The van der Waals surface area contributed by atoms with Crippen LogP contribution >= 0.6 is 0 Å². The second-order valence-corrected chi connectivity index (χ2v) is 3.99. The molecule has 0 fully saturated rings. The molecular formula is C12H11N3O3. The Bertz CT molecular complexity index is 656. The molecule has 2 heterocycles. The Morgan fingerprint density at radius 3 is 2.33 bits per heavy atom. The van der Waals surface area contributed by atoms with Gasteiger partial charge in [-0.15, -0.1) is 0 Å². The molecule has 0 radical (unpaired) electrons. The first-order valence-electron chi connectivity index (χ1n) is 5.30. The van der Waals surface area contributed by atoms with Crippen molar-refractivity contribution in [3.05, 3.63) is 56.1 Å². The average Bonchev–Trinajstić information content (AvgIpc) is 2.28. The minimum absolute atomic E-state index is 0.455. The largest absolute Gasteiger partial charge is 0.333 e. The molecule has 0 bridgehead atoms. The molecule has 0 saturated heterocycles. The van der Waals surface area contributed by atoms with Crippen LogP contribution in [0.15, 0.2) is 29.3 Å². The predicted octanol–water partition coefficient (Wildman–Crippen LogP) is 1.96. The van der Waals surface area contributed by atoms with Gasteiger partial charge in [-0.1, -0.05) is 0 Å². The molecule has 18 heavy (non-hydrogen) atoms. The summed E-state index contributed by atoms with van der Waals surface area (Å²) >= 11 is 0. The van der Waals surface area contributed by atoms with E-state index in [1.54, 1.807) is 12.4 Å². The fourth-order valence-electron chi connectivity index (χ4n) is 1.88. The van der Waals surface area contributed by atoms with Crippen LogP contribution in [0.25, 0.3) is 11.3 Å². The number of aryl methyl sites for hydroxylation is 2. The Hall–Kier alpha value is -2.50. The Labute approximate surface area is 102 Å². The number of pyridine rings is 2. The number of nitrogens with one attached hydrogen (secondary N) is 1. The maximum absolute atomic E-state index is 11.6. The van der Waals surface area contributed by atoms with Crippen LogP contribution in [0.2, 0.25) is 0 Å². The molecule has 6 nitrogen and oxygen atoms in total. The van der Waals surface area contributed by atoms with E-state index in [0.29, 0.717) is 5.69 Å². The van der Waals surface area contributed by atoms with E-state index < -0.39 is 16.2 Å². The van der Waals surface area contributed by atoms with E-state index >= 15 is 0 Å². The maximum Gasteiger partial charge on any atom is 0.333 e. The Morgan fingerprint density at radius 2 is 1.83 bits per heavy atom. The third kappa shape index (κ3) is 2.00. The van der Waals surface area contributed by atoms with Gasteiger partial charge in [-0.3, -0.25) is 19.9 Å². The summed E-state index contributed by atoms with van der Waals surface area (Å²) in [6.45, 7) is 3.74. The van der Waals surface area contributed by atoms with Gasteiger partial charge in [-0.25, -0.2) is 0 Å². The van der Waals surface area contributed by atoms with Crippen molar-refractivity contribution in [1.29, 1.82) is 0 Å². The topological polar surface area (TPSA) is 88.9 Å². The highest BCUT2D eigenvalue weighted by Crippen LogP contribution is 2.24. The summed E-state index contributed by atoms with van der Waals surface area (Å²) < 4.78 is 0. The second-order valence-electron chi connectivity index (χ2n) is 3.99. The molecule has 92 valence electrons. The van der Waals surface area contributed by atoms with E-state index in [-0.39, 0.29) is 0 Å². The number of hydrogen-bond donors (Lipinski definition) is 1. The smallest absolute Gasteiger partial charge is 0.316 e. The number of aromatic amines is 1. The highest BCUT2D eigenvalue weighted by atomic mass is 16.6. The third-order valence-corrected chi connectivity index (χ3v) is 2.68. The molecular weight excluding hydrogens is 234 g/mol. The standard InChI is InChI=1S/C12H11N3O3/c1-7-5-13-6-8(2)11(7)9-3-4-10(15(17)18)12(16)14-9/h3-6H,1-2H3,(H,14,16). The van der Waals surface area contributed by atoms with Gasteiger partial charge in [0.2, 0.25) is 0 Å². The number of nitrogens with zero attached hydrogens (tertiary/aromatic N) is 2. The van der Waals surface area contributed by atoms with Crippen molar-refractivity contribution in [3.8, 4) is 11.3 Å². The molecule has 0 unspecified atom stereocenters. The van der Waals surface area contributed by atoms with Gasteiger partial charge in [-0.2, -0.15) is 0 Å². The fourth-order valence-corrected chi connectivity index (χ4v) is 1.88. The van der Waals surface area contributed by atoms with Crippen LogP contribution in [-0.2, 0) is 0 Å². The monoisotopic (exact) mass is 245 g/mol. The lowest BCUT2D eigenvalue weighted by molar-refractivity contribution is -0.386. The number of nitro groups is 1. The zero-order valence-electron chi connectivity index (χ0n) is 9.93. The highest BCUT2D eigenvalue weighted by molar-refractivity contribution is 5.66. The van der Waals surface area contributed by atoms with E-state index in [1.807, 2.05) is 13.8 Å². The SMILES string of the molecule is Cc1cncc(C)c1-c1ccc([N+](=O)[O-])c(=O)[nH]1. The van der Waals surface area contributed by atoms with Gasteiger partial charge in [-0.05, 0) is 31.0 Å². The summed E-state index contributed by atoms with van der Waals surface area (Å²) in [5.41, 5.74) is 2.05. The molecule has 0 saturated carbocycles. The molecule has 0 amide bonds. The quantitative estimate of drug-likeness (QED) is 0.647. The van der Waals surface area contributed by atoms with E-state index in [0.717, 1.165) is 16.7 Å². The van der Waals surface area contributed by atoms with Crippen molar-refractivity contribution in [3.63, 3.8) is 0 Å². The van der Waals surface area contributed by atoms with Gasteiger partial charge in [0, 0.05) is 29.7 Å². The zero-order valence-corrected chi connectivity index (χ0v) is 9.93. The number of H-pyrrole nitrogens is 1. The van der Waals surface area contributed by atoms with Crippen LogP contribution in [0.1, 0.15) is 11.1 Å². The molecule has 0 aliphatic heterocycles. The van der Waals surface area contributed by atoms with Crippen molar-refractivity contribution in [2.45, 2.75) is 13.8 Å². The summed E-state index contributed by atoms with van der Waals surface area (Å²) in [4.78, 5) is 28.0. The lowest BCUT2D eigenvalue weighted by Gasteiger charge is -2.08. The van der Waals surface area contributed by atoms with Crippen molar-refractivity contribution in [1.82, 2.24) is 9.97 Å². The Kier molecular flexibility index (Phi) is 2.93. The van der Waals surface area contributed by atoms with Crippen LogP contribution in [0.3, 0.4) is 0 Å². The van der Waals surface area contributed by atoms with E-state index in [4.69, 9.17) is 0 Å². The van der Waals surface area contributed by atoms with Crippen molar-refractivity contribution in [2.24, 2.45) is 0 Å². The van der Waals surface area contributed by atoms with Gasteiger partial charge in [0.15, 0.2) is 0 Å². The van der Waals surface area contributed by atoms with E-state index in [2.05, 4.69) is 9.97 Å². The Morgan fingerprint density at radius 1 is 1.22 bits per heavy atom. The maximum atomic E-state index is 11.6. The molecule has 0 spiro atoms. The minimum atomic E-state index is -0.701. The predicted molar refractivity (Wildman–Crippen MR) is 66.4 cm³/mol. The first kappa shape index (κ1) is 12.0. The van der Waals surface area contributed by atoms with Gasteiger partial charge < -0.3 is 4.98 Å². The van der Waals surface area contributed by atoms with Gasteiger partial charge >= 0.3 is 11.2 Å². The highest BCUT2D eigenvalue weighted by Gasteiger charge is 2.14. The van der Waals surface area contributed by atoms with Gasteiger partial charge in [0.25, 0.3) is 0 Å². The first-order valence-corrected chi connectivity index (χ1v) is 5.30. The molecule has 6 heteroatoms. The molecule has 2 rings (SSSR count). The summed E-state index contributed by atoms with van der Waals surface area (Å²) in [6.07, 6.45) is 3.37. The average molecular weight is 245 g/mol. The van der Waals surface area contributed by atoms with Crippen LogP contribution in [0, 0.1) is 24.0 Å². The summed E-state index contributed by atoms with van der Waals surface area (Å²) in [7, 11) is 0. The minimum Gasteiger partial charge on any atom is -0.316 e. The van der Waals surface area contributed by atoms with Crippen molar-refractivity contribution >= 4 is 5.69 Å².